The molecular weight excluding hydrogens is 355 g/mol. The highest BCUT2D eigenvalue weighted by atomic mass is 35.5. The number of nitrogens with one attached hydrogen (secondary N) is 1. The molecule has 0 aromatic carbocycles. The van der Waals surface area contributed by atoms with E-state index in [1.807, 2.05) is 0 Å². The van der Waals surface area contributed by atoms with Crippen molar-refractivity contribution in [2.75, 3.05) is 18.9 Å². The van der Waals surface area contributed by atoms with Gasteiger partial charge in [0, 0.05) is 24.3 Å². The molecule has 0 bridgehead atoms. The molecule has 1 aliphatic heterocycles. The smallest absolute Gasteiger partial charge is 0.257 e. The van der Waals surface area contributed by atoms with Crippen molar-refractivity contribution < 1.29 is 19.1 Å². The third kappa shape index (κ3) is 5.38. The fourth-order valence-electron chi connectivity index (χ4n) is 2.57. The van der Waals surface area contributed by atoms with Crippen LogP contribution in [-0.2, 0) is 19.1 Å². The number of hydrogen-bond donors (Lipinski definition) is 1. The van der Waals surface area contributed by atoms with Crippen LogP contribution in [0.15, 0.2) is 11.8 Å². The molecule has 6 nitrogen and oxygen atoms in total. The molecule has 0 saturated heterocycles. The molecule has 1 N–H and O–H groups in total. The van der Waals surface area contributed by atoms with Crippen molar-refractivity contribution in [3.63, 3.8) is 0 Å². The number of nitrogens with zero attached hydrogens (tertiary/aromatic N) is 1. The van der Waals surface area contributed by atoms with Gasteiger partial charge in [-0.15, -0.1) is 23.2 Å². The van der Waals surface area contributed by atoms with E-state index in [1.54, 1.807) is 6.92 Å². The highest BCUT2D eigenvalue weighted by Gasteiger charge is 2.40. The molecule has 1 rings (SSSR count). The maximum absolute atomic E-state index is 12.9. The maximum atomic E-state index is 12.9. The molecule has 24 heavy (non-hydrogen) atoms. The van der Waals surface area contributed by atoms with Gasteiger partial charge in [0.25, 0.3) is 11.8 Å². The van der Waals surface area contributed by atoms with Crippen LogP contribution in [-0.4, -0.2) is 53.6 Å². The summed E-state index contributed by atoms with van der Waals surface area (Å²) in [5.74, 6) is 0.124. The summed E-state index contributed by atoms with van der Waals surface area (Å²) in [6.45, 7) is 1.70. The van der Waals surface area contributed by atoms with Crippen LogP contribution in [0.1, 0.15) is 39.0 Å². The molecule has 0 aliphatic carbocycles. The lowest BCUT2D eigenvalue weighted by molar-refractivity contribution is -0.146. The molecular formula is C16H24Cl2N2O4. The van der Waals surface area contributed by atoms with Crippen molar-refractivity contribution in [2.24, 2.45) is 0 Å². The van der Waals surface area contributed by atoms with Gasteiger partial charge in [0.05, 0.1) is 13.2 Å². The number of rotatable bonds is 10. The zero-order valence-corrected chi connectivity index (χ0v) is 15.5. The number of hydrogen-bond acceptors (Lipinski definition) is 4. The van der Waals surface area contributed by atoms with E-state index in [0.29, 0.717) is 43.2 Å². The summed E-state index contributed by atoms with van der Waals surface area (Å²) in [6.07, 6.45) is 3.67. The Kier molecular flexibility index (Phi) is 9.14. The summed E-state index contributed by atoms with van der Waals surface area (Å²) in [5, 5.41) is 2.68. The third-order valence-electron chi connectivity index (χ3n) is 3.81. The van der Waals surface area contributed by atoms with Crippen LogP contribution in [0.3, 0.4) is 0 Å². The second-order valence-electron chi connectivity index (χ2n) is 5.45. The van der Waals surface area contributed by atoms with Crippen molar-refractivity contribution in [3.8, 4) is 0 Å². The van der Waals surface area contributed by atoms with Gasteiger partial charge in [-0.25, -0.2) is 0 Å². The molecule has 1 aliphatic rings. The zero-order chi connectivity index (χ0) is 18.1. The van der Waals surface area contributed by atoms with Gasteiger partial charge in [0.15, 0.2) is 0 Å². The van der Waals surface area contributed by atoms with Crippen molar-refractivity contribution in [1.29, 1.82) is 0 Å². The Morgan fingerprint density at radius 2 is 2.00 bits per heavy atom. The van der Waals surface area contributed by atoms with E-state index in [2.05, 4.69) is 5.32 Å². The van der Waals surface area contributed by atoms with Crippen LogP contribution < -0.4 is 5.32 Å². The Morgan fingerprint density at radius 1 is 1.33 bits per heavy atom. The fourth-order valence-corrected chi connectivity index (χ4v) is 2.88. The van der Waals surface area contributed by atoms with Crippen molar-refractivity contribution >= 4 is 40.9 Å². The van der Waals surface area contributed by atoms with E-state index < -0.39 is 23.9 Å². The van der Waals surface area contributed by atoms with Crippen LogP contribution >= 0.6 is 23.2 Å². The highest BCUT2D eigenvalue weighted by Crippen LogP contribution is 2.26. The molecule has 0 saturated carbocycles. The molecule has 136 valence electrons. The first-order valence-corrected chi connectivity index (χ1v) is 9.10. The third-order valence-corrected chi connectivity index (χ3v) is 4.34. The normalized spacial score (nSPS) is 18.3. The quantitative estimate of drug-likeness (QED) is 0.591. The van der Waals surface area contributed by atoms with E-state index in [1.165, 1.54) is 18.1 Å². The fraction of sp³-hybridized carbons (Fsp3) is 0.688. The van der Waals surface area contributed by atoms with Gasteiger partial charge in [0.1, 0.15) is 11.8 Å². The lowest BCUT2D eigenvalue weighted by atomic mass is 10.1. The number of amides is 3. The standard InChI is InChI=1S/C16H24Cl2N2O4/c1-3-14(21)19-11(6-4-8-17)16(23)20-12(7-5-9-18)13(24-2)10-15(20)22/h10-12H,3-9H2,1-2H3,(H,19,21)/t11-,12+/m1/s1. The van der Waals surface area contributed by atoms with Crippen molar-refractivity contribution in [2.45, 2.75) is 51.1 Å². The predicted molar refractivity (Wildman–Crippen MR) is 92.9 cm³/mol. The topological polar surface area (TPSA) is 75.7 Å². The Labute approximate surface area is 152 Å². The second kappa shape index (κ2) is 10.6. The van der Waals surface area contributed by atoms with Crippen LogP contribution in [0.25, 0.3) is 0 Å². The second-order valence-corrected chi connectivity index (χ2v) is 6.21. The first-order valence-electron chi connectivity index (χ1n) is 8.04. The van der Waals surface area contributed by atoms with E-state index in [4.69, 9.17) is 27.9 Å². The molecule has 0 aromatic rings. The minimum atomic E-state index is -0.775. The van der Waals surface area contributed by atoms with Crippen LogP contribution in [0.2, 0.25) is 0 Å². The summed E-state index contributed by atoms with van der Waals surface area (Å²) in [7, 11) is 1.46. The largest absolute Gasteiger partial charge is 0.499 e. The van der Waals surface area contributed by atoms with Gasteiger partial charge in [-0.1, -0.05) is 6.92 Å². The minimum Gasteiger partial charge on any atom is -0.499 e. The molecule has 3 amide bonds. The maximum Gasteiger partial charge on any atom is 0.257 e. The summed E-state index contributed by atoms with van der Waals surface area (Å²) in [5.41, 5.74) is 0. The lowest BCUT2D eigenvalue weighted by Gasteiger charge is -2.29. The summed E-state index contributed by atoms with van der Waals surface area (Å²) < 4.78 is 5.23. The van der Waals surface area contributed by atoms with E-state index in [-0.39, 0.29) is 12.3 Å². The average molecular weight is 379 g/mol. The average Bonchev–Trinajstić information content (AvgIpc) is 2.91. The minimum absolute atomic E-state index is 0.244. The Bertz CT molecular complexity index is 496. The van der Waals surface area contributed by atoms with Gasteiger partial charge in [-0.3, -0.25) is 19.3 Å². The predicted octanol–water partition coefficient (Wildman–Crippen LogP) is 2.19. The van der Waals surface area contributed by atoms with E-state index in [0.717, 1.165) is 0 Å². The number of methoxy groups -OCH3 is 1. The zero-order valence-electron chi connectivity index (χ0n) is 14.0. The Morgan fingerprint density at radius 3 is 2.54 bits per heavy atom. The molecule has 0 fully saturated rings. The Hall–Kier alpha value is -1.27. The number of ether oxygens (including phenoxy) is 1. The van der Waals surface area contributed by atoms with Crippen molar-refractivity contribution in [1.82, 2.24) is 10.2 Å². The summed E-state index contributed by atoms with van der Waals surface area (Å²) in [6, 6.07) is -1.26. The van der Waals surface area contributed by atoms with Crippen LogP contribution in [0, 0.1) is 0 Å². The summed E-state index contributed by atoms with van der Waals surface area (Å²) >= 11 is 11.4. The number of alkyl halides is 2. The number of carbonyl (C=O) groups excluding carboxylic acids is 3. The first-order chi connectivity index (χ1) is 11.5. The molecule has 0 radical (unpaired) electrons. The van der Waals surface area contributed by atoms with Gasteiger partial charge in [-0.2, -0.15) is 0 Å². The van der Waals surface area contributed by atoms with E-state index in [9.17, 15) is 14.4 Å². The summed E-state index contributed by atoms with van der Waals surface area (Å²) in [4.78, 5) is 38.0. The number of imide groups is 1. The Balaban J connectivity index is 2.96. The van der Waals surface area contributed by atoms with Crippen molar-refractivity contribution in [3.05, 3.63) is 11.8 Å². The molecule has 1 heterocycles. The molecule has 8 heteroatoms. The van der Waals surface area contributed by atoms with Gasteiger partial charge < -0.3 is 10.1 Å². The molecule has 0 spiro atoms. The van der Waals surface area contributed by atoms with Crippen LogP contribution in [0.5, 0.6) is 0 Å². The van der Waals surface area contributed by atoms with E-state index >= 15 is 0 Å². The van der Waals surface area contributed by atoms with Gasteiger partial charge in [0.2, 0.25) is 5.91 Å². The highest BCUT2D eigenvalue weighted by molar-refractivity contribution is 6.18. The first kappa shape index (κ1) is 20.8. The number of carbonyl (C=O) groups is 3. The van der Waals surface area contributed by atoms with Crippen LogP contribution in [0.4, 0.5) is 0 Å². The van der Waals surface area contributed by atoms with Gasteiger partial charge in [-0.05, 0) is 25.7 Å². The SMILES string of the molecule is CCC(=O)N[C@H](CCCCl)C(=O)N1C(=O)C=C(OC)[C@@H]1CCCCl. The lowest BCUT2D eigenvalue weighted by Crippen LogP contribution is -2.52. The van der Waals surface area contributed by atoms with Gasteiger partial charge >= 0.3 is 0 Å². The molecule has 2 atom stereocenters. The monoisotopic (exact) mass is 378 g/mol. The number of halogens is 2. The molecule has 0 unspecified atom stereocenters. The molecule has 0 aromatic heterocycles.